The summed E-state index contributed by atoms with van der Waals surface area (Å²) >= 11 is 0. The molecule has 9 nitrogen and oxygen atoms in total. The van der Waals surface area contributed by atoms with Gasteiger partial charge >= 0.3 is 6.18 Å². The molecular formula is C20H21F3N6O3. The number of nitrogen functional groups attached to an aromatic ring is 1. The summed E-state index contributed by atoms with van der Waals surface area (Å²) in [5.41, 5.74) is 6.05. The van der Waals surface area contributed by atoms with Crippen LogP contribution >= 0.6 is 0 Å². The first-order chi connectivity index (χ1) is 15.1. The standard InChI is InChI=1S/C20H21F3N6O3/c1-9(13-7-17(24)29-19(28-13)20(21,22)23)25-18-12-5-16(32-11-3-4-31-8-11)15(30)6-14(12)26-10(2)27-18/h5-7,9,11,30H,3-4,8H2,1-2H3,(H2,24,28,29)(H,25,26,27)/t9-,11?/m1/s1. The molecule has 2 atom stereocenters. The van der Waals surface area contributed by atoms with E-state index in [0.717, 1.165) is 0 Å². The second kappa shape index (κ2) is 8.26. The SMILES string of the molecule is Cc1nc(N[C@H](C)c2cc(N)nc(C(F)(F)F)n2)c2cc(OC3CCOC3)c(O)cc2n1. The number of aromatic nitrogens is 4. The van der Waals surface area contributed by atoms with E-state index in [-0.39, 0.29) is 29.1 Å². The maximum Gasteiger partial charge on any atom is 0.451 e. The van der Waals surface area contributed by atoms with Crippen molar-refractivity contribution in [1.82, 2.24) is 19.9 Å². The van der Waals surface area contributed by atoms with Crippen molar-refractivity contribution in [1.29, 1.82) is 0 Å². The van der Waals surface area contributed by atoms with E-state index in [0.29, 0.717) is 42.2 Å². The number of phenolic OH excluding ortho intramolecular Hbond substituents is 1. The molecule has 32 heavy (non-hydrogen) atoms. The molecule has 0 bridgehead atoms. The minimum absolute atomic E-state index is 0.0487. The Kier molecular flexibility index (Phi) is 5.63. The lowest BCUT2D eigenvalue weighted by molar-refractivity contribution is -0.145. The molecule has 0 radical (unpaired) electrons. The van der Waals surface area contributed by atoms with Crippen molar-refractivity contribution in [2.24, 2.45) is 0 Å². The Bertz CT molecular complexity index is 1150. The highest BCUT2D eigenvalue weighted by atomic mass is 19.4. The summed E-state index contributed by atoms with van der Waals surface area (Å²) in [4.78, 5) is 15.6. The molecule has 0 amide bonds. The van der Waals surface area contributed by atoms with Gasteiger partial charge in [-0.1, -0.05) is 0 Å². The van der Waals surface area contributed by atoms with E-state index in [1.165, 1.54) is 12.1 Å². The van der Waals surface area contributed by atoms with Crippen LogP contribution in [0.3, 0.4) is 0 Å². The molecule has 1 aliphatic heterocycles. The highest BCUT2D eigenvalue weighted by Gasteiger charge is 2.35. The Morgan fingerprint density at radius 1 is 1.22 bits per heavy atom. The zero-order valence-electron chi connectivity index (χ0n) is 17.3. The number of halogens is 3. The van der Waals surface area contributed by atoms with Crippen LogP contribution in [0.1, 0.15) is 36.7 Å². The van der Waals surface area contributed by atoms with Crippen molar-refractivity contribution in [2.45, 2.75) is 38.6 Å². The van der Waals surface area contributed by atoms with Gasteiger partial charge < -0.3 is 25.6 Å². The first-order valence-electron chi connectivity index (χ1n) is 9.84. The van der Waals surface area contributed by atoms with Gasteiger partial charge in [0.25, 0.3) is 0 Å². The van der Waals surface area contributed by atoms with Gasteiger partial charge in [-0.15, -0.1) is 0 Å². The number of rotatable bonds is 5. The Balaban J connectivity index is 1.69. The third kappa shape index (κ3) is 4.59. The van der Waals surface area contributed by atoms with Crippen molar-refractivity contribution in [3.8, 4) is 11.5 Å². The van der Waals surface area contributed by atoms with Gasteiger partial charge in [-0.2, -0.15) is 13.2 Å². The monoisotopic (exact) mass is 450 g/mol. The highest BCUT2D eigenvalue weighted by molar-refractivity contribution is 5.91. The lowest BCUT2D eigenvalue weighted by atomic mass is 10.1. The van der Waals surface area contributed by atoms with Gasteiger partial charge in [0.05, 0.1) is 30.5 Å². The second-order valence-corrected chi connectivity index (χ2v) is 7.47. The summed E-state index contributed by atoms with van der Waals surface area (Å²) in [5, 5.41) is 13.9. The van der Waals surface area contributed by atoms with Crippen molar-refractivity contribution < 1.29 is 27.8 Å². The van der Waals surface area contributed by atoms with Crippen molar-refractivity contribution >= 4 is 22.5 Å². The van der Waals surface area contributed by atoms with E-state index < -0.39 is 18.0 Å². The molecule has 1 fully saturated rings. The van der Waals surface area contributed by atoms with Crippen molar-refractivity contribution in [2.75, 3.05) is 24.3 Å². The molecule has 1 saturated heterocycles. The van der Waals surface area contributed by atoms with Crippen LogP contribution in [0.2, 0.25) is 0 Å². The maximum atomic E-state index is 13.1. The minimum atomic E-state index is -4.73. The molecule has 4 rings (SSSR count). The van der Waals surface area contributed by atoms with Crippen LogP contribution in [0, 0.1) is 6.92 Å². The molecule has 4 N–H and O–H groups in total. The average Bonchev–Trinajstić information content (AvgIpc) is 3.21. The van der Waals surface area contributed by atoms with E-state index >= 15 is 0 Å². The predicted octanol–water partition coefficient (Wildman–Crippen LogP) is 3.38. The molecule has 1 aliphatic rings. The fourth-order valence-electron chi connectivity index (χ4n) is 3.36. The number of aromatic hydroxyl groups is 1. The van der Waals surface area contributed by atoms with E-state index in [1.54, 1.807) is 19.9 Å². The molecule has 2 aromatic heterocycles. The zero-order chi connectivity index (χ0) is 23.0. The number of hydrogen-bond acceptors (Lipinski definition) is 9. The highest BCUT2D eigenvalue weighted by Crippen LogP contribution is 2.36. The normalized spacial score (nSPS) is 17.5. The molecule has 1 unspecified atom stereocenters. The third-order valence-corrected chi connectivity index (χ3v) is 4.89. The van der Waals surface area contributed by atoms with Crippen LogP contribution in [0.15, 0.2) is 18.2 Å². The maximum absolute atomic E-state index is 13.1. The van der Waals surface area contributed by atoms with E-state index in [9.17, 15) is 18.3 Å². The Hall–Kier alpha value is -3.41. The predicted molar refractivity (Wildman–Crippen MR) is 109 cm³/mol. The van der Waals surface area contributed by atoms with Crippen LogP contribution in [0.5, 0.6) is 11.5 Å². The number of hydrogen-bond donors (Lipinski definition) is 3. The summed E-state index contributed by atoms with van der Waals surface area (Å²) in [6.07, 6.45) is -4.22. The number of nitrogens with one attached hydrogen (secondary N) is 1. The van der Waals surface area contributed by atoms with Gasteiger partial charge in [-0.05, 0) is 19.9 Å². The lowest BCUT2D eigenvalue weighted by Gasteiger charge is -2.19. The smallest absolute Gasteiger partial charge is 0.451 e. The van der Waals surface area contributed by atoms with E-state index in [2.05, 4.69) is 25.3 Å². The summed E-state index contributed by atoms with van der Waals surface area (Å²) in [6, 6.07) is 3.62. The number of benzene rings is 1. The number of fused-ring (bicyclic) bond motifs is 1. The quantitative estimate of drug-likeness (QED) is 0.536. The third-order valence-electron chi connectivity index (χ3n) is 4.89. The fourth-order valence-corrected chi connectivity index (χ4v) is 3.36. The lowest BCUT2D eigenvalue weighted by Crippen LogP contribution is -2.18. The average molecular weight is 450 g/mol. The molecule has 0 aliphatic carbocycles. The van der Waals surface area contributed by atoms with Crippen molar-refractivity contribution in [3.05, 3.63) is 35.5 Å². The van der Waals surface area contributed by atoms with Gasteiger partial charge in [0, 0.05) is 23.9 Å². The number of nitrogens with two attached hydrogens (primary N) is 1. The topological polar surface area (TPSA) is 128 Å². The molecule has 1 aromatic carbocycles. The summed E-state index contributed by atoms with van der Waals surface area (Å²) in [7, 11) is 0. The number of phenols is 1. The molecule has 0 spiro atoms. The summed E-state index contributed by atoms with van der Waals surface area (Å²) in [5.74, 6) is -0.703. The first kappa shape index (κ1) is 21.8. The number of anilines is 2. The molecular weight excluding hydrogens is 429 g/mol. The van der Waals surface area contributed by atoms with E-state index in [1.807, 2.05) is 0 Å². The second-order valence-electron chi connectivity index (χ2n) is 7.47. The fraction of sp³-hybridized carbons (Fsp3) is 0.400. The molecule has 12 heteroatoms. The molecule has 3 heterocycles. The largest absolute Gasteiger partial charge is 0.504 e. The Labute approximate surface area is 180 Å². The van der Waals surface area contributed by atoms with Gasteiger partial charge in [0.15, 0.2) is 11.5 Å². The zero-order valence-corrected chi connectivity index (χ0v) is 17.3. The number of alkyl halides is 3. The Morgan fingerprint density at radius 2 is 2.00 bits per heavy atom. The molecule has 0 saturated carbocycles. The first-order valence-corrected chi connectivity index (χ1v) is 9.84. The van der Waals surface area contributed by atoms with Gasteiger partial charge in [0.2, 0.25) is 5.82 Å². The summed E-state index contributed by atoms with van der Waals surface area (Å²) < 4.78 is 50.4. The van der Waals surface area contributed by atoms with Crippen LogP contribution in [0.4, 0.5) is 24.8 Å². The molecule has 170 valence electrons. The van der Waals surface area contributed by atoms with Gasteiger partial charge in [-0.25, -0.2) is 19.9 Å². The van der Waals surface area contributed by atoms with Crippen LogP contribution in [-0.2, 0) is 10.9 Å². The number of aryl methyl sites for hydroxylation is 1. The van der Waals surface area contributed by atoms with Gasteiger partial charge in [-0.3, -0.25) is 0 Å². The number of nitrogens with zero attached hydrogens (tertiary/aromatic N) is 4. The molecule has 3 aromatic rings. The number of ether oxygens (including phenoxy) is 2. The van der Waals surface area contributed by atoms with Crippen molar-refractivity contribution in [3.63, 3.8) is 0 Å². The summed E-state index contributed by atoms with van der Waals surface area (Å²) in [6.45, 7) is 4.28. The Morgan fingerprint density at radius 3 is 2.69 bits per heavy atom. The van der Waals surface area contributed by atoms with Crippen LogP contribution < -0.4 is 15.8 Å². The van der Waals surface area contributed by atoms with Crippen LogP contribution in [-0.4, -0.2) is 44.4 Å². The van der Waals surface area contributed by atoms with Crippen LogP contribution in [0.25, 0.3) is 10.9 Å². The minimum Gasteiger partial charge on any atom is -0.504 e. The van der Waals surface area contributed by atoms with E-state index in [4.69, 9.17) is 15.2 Å². The van der Waals surface area contributed by atoms with Gasteiger partial charge in [0.1, 0.15) is 23.6 Å².